The summed E-state index contributed by atoms with van der Waals surface area (Å²) in [6.07, 6.45) is 0. The third kappa shape index (κ3) is 5.32. The number of anilines is 3. The van der Waals surface area contributed by atoms with Crippen LogP contribution in [-0.4, -0.2) is 5.27 Å². The third-order valence-corrected chi connectivity index (χ3v) is 14.6. The number of fused-ring (bicyclic) bond motifs is 6. The second kappa shape index (κ2) is 12.6. The topological polar surface area (TPSA) is 3.24 Å². The van der Waals surface area contributed by atoms with Gasteiger partial charge in [-0.25, -0.2) is 0 Å². The summed E-state index contributed by atoms with van der Waals surface area (Å²) in [5.41, 5.74) is 17.6. The molecule has 0 N–H and O–H groups in total. The van der Waals surface area contributed by atoms with Gasteiger partial charge in [0.2, 0.25) is 0 Å². The highest BCUT2D eigenvalue weighted by molar-refractivity contribution is 8.56. The summed E-state index contributed by atoms with van der Waals surface area (Å²) in [4.78, 5) is 5.30. The highest BCUT2D eigenvalue weighted by atomic mass is 32.2. The molecule has 3 heterocycles. The second-order valence-electron chi connectivity index (χ2n) is 17.3. The van der Waals surface area contributed by atoms with E-state index in [1.165, 1.54) is 88.0 Å². The highest BCUT2D eigenvalue weighted by Crippen LogP contribution is 2.60. The highest BCUT2D eigenvalue weighted by Gasteiger charge is 2.48. The van der Waals surface area contributed by atoms with Crippen LogP contribution < -0.4 is 10.4 Å². The molecule has 0 aromatic heterocycles. The lowest BCUT2D eigenvalue weighted by Gasteiger charge is -2.48. The molecule has 0 spiro atoms. The van der Waals surface area contributed by atoms with Gasteiger partial charge in [-0.05, 0) is 108 Å². The molecule has 268 valence electrons. The predicted octanol–water partition coefficient (Wildman–Crippen LogP) is 13.7. The first kappa shape index (κ1) is 34.6. The molecule has 10 rings (SSSR count). The van der Waals surface area contributed by atoms with Crippen molar-refractivity contribution < 1.29 is 0 Å². The molecule has 0 bridgehead atoms. The van der Waals surface area contributed by atoms with Crippen molar-refractivity contribution in [2.75, 3.05) is 4.90 Å². The number of hydrogen-bond donors (Lipinski definition) is 0. The van der Waals surface area contributed by atoms with Gasteiger partial charge >= 0.3 is 5.27 Å². The Balaban J connectivity index is 1.35. The maximum atomic E-state index is 2.59. The van der Waals surface area contributed by atoms with Crippen molar-refractivity contribution in [3.63, 3.8) is 0 Å². The van der Waals surface area contributed by atoms with Crippen molar-refractivity contribution in [2.45, 2.75) is 67.6 Å². The Labute approximate surface area is 335 Å². The fourth-order valence-corrected chi connectivity index (χ4v) is 12.1. The van der Waals surface area contributed by atoms with Crippen LogP contribution in [0.15, 0.2) is 168 Å². The quantitative estimate of drug-likeness (QED) is 0.166. The van der Waals surface area contributed by atoms with Gasteiger partial charge in [0, 0.05) is 15.5 Å². The minimum atomic E-state index is -0.563. The second-order valence-corrected chi connectivity index (χ2v) is 19.9. The van der Waals surface area contributed by atoms with Crippen molar-refractivity contribution in [3.05, 3.63) is 191 Å². The van der Waals surface area contributed by atoms with Crippen molar-refractivity contribution in [2.24, 2.45) is 0 Å². The SMILES string of the molecule is CC(C)(C)c1ccc2c(c1)C(c1ccccc1)(c1ccccc1)c1cc(C(C)(C)C)ccc1N2c1cc2c3c(c1)-c1ccccc1SB3Sc1ccccc1-2. The van der Waals surface area contributed by atoms with Crippen molar-refractivity contribution in [1.29, 1.82) is 0 Å². The molecule has 4 heteroatoms. The molecule has 7 aromatic rings. The fourth-order valence-electron chi connectivity index (χ4n) is 9.14. The summed E-state index contributed by atoms with van der Waals surface area (Å²) in [6.45, 7) is 14.0. The van der Waals surface area contributed by atoms with Gasteiger partial charge in [0.25, 0.3) is 0 Å². The van der Waals surface area contributed by atoms with Crippen molar-refractivity contribution >= 4 is 51.0 Å². The molecule has 3 aliphatic rings. The summed E-state index contributed by atoms with van der Waals surface area (Å²) < 4.78 is 0. The van der Waals surface area contributed by atoms with Gasteiger partial charge < -0.3 is 4.90 Å². The minimum absolute atomic E-state index is 0.0414. The van der Waals surface area contributed by atoms with E-state index in [0.717, 1.165) is 0 Å². The van der Waals surface area contributed by atoms with Crippen LogP contribution in [0.4, 0.5) is 17.1 Å². The summed E-state index contributed by atoms with van der Waals surface area (Å²) in [5.74, 6) is 0. The molecule has 0 atom stereocenters. The Kier molecular flexibility index (Phi) is 7.90. The van der Waals surface area contributed by atoms with Crippen molar-refractivity contribution in [1.82, 2.24) is 0 Å². The van der Waals surface area contributed by atoms with Gasteiger partial charge in [-0.1, -0.05) is 163 Å². The van der Waals surface area contributed by atoms with Crippen LogP contribution in [0.5, 0.6) is 0 Å². The van der Waals surface area contributed by atoms with Crippen molar-refractivity contribution in [3.8, 4) is 22.3 Å². The molecule has 1 nitrogen and oxygen atoms in total. The minimum Gasteiger partial charge on any atom is -0.310 e. The van der Waals surface area contributed by atoms with Gasteiger partial charge in [0.1, 0.15) is 0 Å². The van der Waals surface area contributed by atoms with Gasteiger partial charge in [-0.3, -0.25) is 0 Å². The molecule has 0 unspecified atom stereocenters. The van der Waals surface area contributed by atoms with Crippen LogP contribution in [0, 0.1) is 0 Å². The van der Waals surface area contributed by atoms with E-state index in [9.17, 15) is 0 Å². The number of benzene rings is 7. The first-order chi connectivity index (χ1) is 26.5. The largest absolute Gasteiger partial charge is 0.318 e. The first-order valence-corrected chi connectivity index (χ1v) is 21.2. The van der Waals surface area contributed by atoms with Crippen LogP contribution in [0.25, 0.3) is 22.3 Å². The molecule has 0 aliphatic carbocycles. The lowest BCUT2D eigenvalue weighted by atomic mass is 9.61. The predicted molar refractivity (Wildman–Crippen MR) is 238 cm³/mol. The molecule has 0 saturated heterocycles. The van der Waals surface area contributed by atoms with E-state index in [4.69, 9.17) is 0 Å². The van der Waals surface area contributed by atoms with Crippen LogP contribution in [0.1, 0.15) is 74.9 Å². The number of hydrogen-bond acceptors (Lipinski definition) is 3. The van der Waals surface area contributed by atoms with Crippen LogP contribution in [0.3, 0.4) is 0 Å². The van der Waals surface area contributed by atoms with Gasteiger partial charge in [-0.15, -0.1) is 0 Å². The van der Waals surface area contributed by atoms with Gasteiger partial charge in [0.15, 0.2) is 0 Å². The van der Waals surface area contributed by atoms with Crippen LogP contribution in [-0.2, 0) is 16.2 Å². The van der Waals surface area contributed by atoms with E-state index >= 15 is 0 Å². The lowest BCUT2D eigenvalue weighted by Crippen LogP contribution is -2.39. The summed E-state index contributed by atoms with van der Waals surface area (Å²) in [6, 6.07) is 60.2. The van der Waals surface area contributed by atoms with E-state index in [2.05, 4.69) is 204 Å². The molecular weight excluding hydrogens is 702 g/mol. The van der Waals surface area contributed by atoms with E-state index < -0.39 is 5.41 Å². The first-order valence-electron chi connectivity index (χ1n) is 19.4. The monoisotopic (exact) mass is 745 g/mol. The Morgan fingerprint density at radius 3 is 1.31 bits per heavy atom. The molecule has 0 fully saturated rings. The zero-order valence-corrected chi connectivity index (χ0v) is 34.0. The van der Waals surface area contributed by atoms with E-state index in [0.29, 0.717) is 5.27 Å². The zero-order chi connectivity index (χ0) is 37.7. The van der Waals surface area contributed by atoms with Crippen LogP contribution in [0.2, 0.25) is 0 Å². The standard InChI is InChI=1S/C51H44BNS2/c1-49(2,3)35-25-27-44-42(29-35)51(33-17-9-7-10-18-33,34-19-11-8-12-20-34)43-30-36(50(4,5)6)26-28-45(43)53(44)37-31-40-38-21-13-15-23-46(38)54-52-48(40)41(32-37)39-22-14-16-24-47(39)55-52/h7-32H,1-6H3. The Bertz CT molecular complexity index is 2460. The molecule has 3 aliphatic heterocycles. The summed E-state index contributed by atoms with van der Waals surface area (Å²) in [5, 5.41) is 0.303. The van der Waals surface area contributed by atoms with Gasteiger partial charge in [-0.2, -0.15) is 23.2 Å². The maximum Gasteiger partial charge on any atom is 0.318 e. The number of rotatable bonds is 3. The van der Waals surface area contributed by atoms with Gasteiger partial charge in [0.05, 0.1) is 16.8 Å². The molecule has 0 amide bonds. The third-order valence-electron chi connectivity index (χ3n) is 11.9. The molecule has 55 heavy (non-hydrogen) atoms. The molecule has 0 radical (unpaired) electrons. The Morgan fingerprint density at radius 1 is 0.455 bits per heavy atom. The molecule has 7 aromatic carbocycles. The average molecular weight is 746 g/mol. The number of nitrogens with zero attached hydrogens (tertiary/aromatic N) is 1. The average Bonchev–Trinajstić information content (AvgIpc) is 3.19. The van der Waals surface area contributed by atoms with E-state index in [-0.39, 0.29) is 10.8 Å². The lowest BCUT2D eigenvalue weighted by molar-refractivity contribution is 0.583. The Hall–Kier alpha value is -4.90. The van der Waals surface area contributed by atoms with E-state index in [1.54, 1.807) is 0 Å². The summed E-state index contributed by atoms with van der Waals surface area (Å²) in [7, 11) is 0. The summed E-state index contributed by atoms with van der Waals surface area (Å²) >= 11 is 4.00. The zero-order valence-electron chi connectivity index (χ0n) is 32.4. The van der Waals surface area contributed by atoms with E-state index in [1.807, 2.05) is 23.2 Å². The molecular formula is C51H44BNS2. The smallest absolute Gasteiger partial charge is 0.310 e. The van der Waals surface area contributed by atoms with Crippen LogP contribution >= 0.6 is 23.2 Å². The normalized spacial score (nSPS) is 15.0. The molecule has 0 saturated carbocycles. The maximum absolute atomic E-state index is 2.59. The Morgan fingerprint density at radius 2 is 0.873 bits per heavy atom. The fraction of sp³-hybridized carbons (Fsp3) is 0.176.